The van der Waals surface area contributed by atoms with E-state index in [1.807, 2.05) is 61.0 Å². The first kappa shape index (κ1) is 25.5. The molecule has 0 fully saturated rings. The van der Waals surface area contributed by atoms with Gasteiger partial charge in [0.1, 0.15) is 11.5 Å². The number of benzene rings is 4. The number of rotatable bonds is 0. The smallest absolute Gasteiger partial charge is 0.119 e. The molecule has 4 heteroatoms. The highest BCUT2D eigenvalue weighted by Gasteiger charge is 2.05. The zero-order valence-electron chi connectivity index (χ0n) is 21.9. The largest absolute Gasteiger partial charge is 0.494 e. The molecule has 8 bridgehead atoms. The molecule has 5 aliphatic heterocycles. The molecule has 0 aromatic heterocycles. The third-order valence-corrected chi connectivity index (χ3v) is 6.82. The quantitative estimate of drug-likeness (QED) is 0.243. The van der Waals surface area contributed by atoms with Gasteiger partial charge in [0, 0.05) is 12.4 Å². The van der Waals surface area contributed by atoms with Crippen LogP contribution in [-0.2, 0) is 12.8 Å². The number of hydrogen-bond acceptors (Lipinski definition) is 4. The van der Waals surface area contributed by atoms with Crippen molar-refractivity contribution >= 4 is 23.8 Å². The summed E-state index contributed by atoms with van der Waals surface area (Å²) in [5.74, 6) is 2.29. The van der Waals surface area contributed by atoms with Crippen LogP contribution >= 0.6 is 0 Å². The number of hydrogen-bond donors (Lipinski definition) is 0. The number of ether oxygens (including phenoxy) is 2. The molecule has 4 aromatic rings. The lowest BCUT2D eigenvalue weighted by Gasteiger charge is -2.13. The molecule has 0 radical (unpaired) electrons. The minimum atomic E-state index is 0.515. The molecule has 0 aliphatic carbocycles. The Morgan fingerprint density at radius 1 is 0.526 bits per heavy atom. The zero-order chi connectivity index (χ0) is 26.0. The Morgan fingerprint density at radius 3 is 1.32 bits per heavy atom. The highest BCUT2D eigenvalue weighted by atomic mass is 16.5. The maximum Gasteiger partial charge on any atom is 0.119 e. The molecular formula is C34H34N2O2. The van der Waals surface area contributed by atoms with Crippen LogP contribution in [0.2, 0.25) is 0 Å². The van der Waals surface area contributed by atoms with Crippen LogP contribution in [0.15, 0.2) is 107 Å². The van der Waals surface area contributed by atoms with Crippen LogP contribution in [0.1, 0.15) is 42.0 Å². The monoisotopic (exact) mass is 502 g/mol. The van der Waals surface area contributed by atoms with E-state index in [9.17, 15) is 0 Å². The van der Waals surface area contributed by atoms with Gasteiger partial charge in [0.25, 0.3) is 0 Å². The third-order valence-electron chi connectivity index (χ3n) is 6.82. The number of nitrogens with zero attached hydrogens (tertiary/aromatic N) is 2. The summed E-state index contributed by atoms with van der Waals surface area (Å²) in [7, 11) is 0. The average Bonchev–Trinajstić information content (AvgIpc) is 2.96. The normalized spacial score (nSPS) is 16.4. The van der Waals surface area contributed by atoms with Crippen LogP contribution in [0.3, 0.4) is 0 Å². The Morgan fingerprint density at radius 2 is 0.921 bits per heavy atom. The van der Waals surface area contributed by atoms with Crippen molar-refractivity contribution in [3.8, 4) is 11.5 Å². The highest BCUT2D eigenvalue weighted by molar-refractivity contribution is 5.82. The first-order valence-electron chi connectivity index (χ1n) is 13.4. The summed E-state index contributed by atoms with van der Waals surface area (Å²) in [5.41, 5.74) is 6.62. The molecule has 5 aliphatic rings. The van der Waals surface area contributed by atoms with Gasteiger partial charge >= 0.3 is 0 Å². The minimum Gasteiger partial charge on any atom is -0.494 e. The lowest BCUT2D eigenvalue weighted by Crippen LogP contribution is -2.08. The Labute approximate surface area is 225 Å². The van der Waals surface area contributed by atoms with Gasteiger partial charge in [-0.2, -0.15) is 0 Å². The fourth-order valence-corrected chi connectivity index (χ4v) is 4.28. The maximum absolute atomic E-state index is 5.96. The Hall–Kier alpha value is -4.18. The standard InChI is InChI=1S/C34H34N2O2/c1-26-20-22-37-33-16-8-29(9-17-33)24-35-31-12-4-27(5-13-31)2-3-28-6-14-32(15-7-28)36-25-30-10-18-34(19-11-30)38-23-21-26/h4-19,24-26H,2-3,20-23H2,1H3. The third kappa shape index (κ3) is 7.66. The van der Waals surface area contributed by atoms with Gasteiger partial charge < -0.3 is 9.47 Å². The summed E-state index contributed by atoms with van der Waals surface area (Å²) in [6, 6.07) is 33.2. The summed E-state index contributed by atoms with van der Waals surface area (Å²) >= 11 is 0. The van der Waals surface area contributed by atoms with Gasteiger partial charge in [-0.15, -0.1) is 0 Å². The van der Waals surface area contributed by atoms with E-state index in [1.165, 1.54) is 11.1 Å². The van der Waals surface area contributed by atoms with E-state index in [0.717, 1.165) is 59.7 Å². The number of fused-ring (bicyclic) bond motifs is 4. The predicted molar refractivity (Wildman–Crippen MR) is 157 cm³/mol. The summed E-state index contributed by atoms with van der Waals surface area (Å²) in [6.45, 7) is 3.63. The molecule has 5 heterocycles. The molecule has 38 heavy (non-hydrogen) atoms. The van der Waals surface area contributed by atoms with Gasteiger partial charge in [-0.3, -0.25) is 9.98 Å². The van der Waals surface area contributed by atoms with E-state index < -0.39 is 0 Å². The van der Waals surface area contributed by atoms with E-state index >= 15 is 0 Å². The molecule has 0 atom stereocenters. The van der Waals surface area contributed by atoms with Crippen LogP contribution in [0.25, 0.3) is 0 Å². The predicted octanol–water partition coefficient (Wildman–Crippen LogP) is 8.16. The van der Waals surface area contributed by atoms with Gasteiger partial charge in [0.05, 0.1) is 24.6 Å². The van der Waals surface area contributed by atoms with Crippen LogP contribution in [-0.4, -0.2) is 25.6 Å². The van der Waals surface area contributed by atoms with Crippen molar-refractivity contribution in [1.82, 2.24) is 0 Å². The first-order valence-corrected chi connectivity index (χ1v) is 13.4. The van der Waals surface area contributed by atoms with Crippen molar-refractivity contribution in [2.75, 3.05) is 13.2 Å². The fourth-order valence-electron chi connectivity index (χ4n) is 4.28. The molecule has 4 aromatic carbocycles. The second kappa shape index (κ2) is 12.9. The number of aryl methyl sites for hydroxylation is 2. The van der Waals surface area contributed by atoms with E-state index in [-0.39, 0.29) is 0 Å². The Balaban J connectivity index is 1.29. The maximum atomic E-state index is 5.96. The molecule has 0 saturated carbocycles. The number of aliphatic imine (C=N–C) groups is 2. The molecular weight excluding hydrogens is 468 g/mol. The molecule has 0 unspecified atom stereocenters. The SMILES string of the molecule is CC1CCOc2ccc(cc2)C=Nc2ccc(cc2)CCc2ccc(cc2)N=Cc2ccc(cc2)OCC1. The molecule has 0 N–H and O–H groups in total. The first-order chi connectivity index (χ1) is 18.7. The fraction of sp³-hybridized carbons (Fsp3) is 0.235. The van der Waals surface area contributed by atoms with Gasteiger partial charge in [0.2, 0.25) is 0 Å². The topological polar surface area (TPSA) is 43.2 Å². The van der Waals surface area contributed by atoms with Crippen molar-refractivity contribution in [2.45, 2.75) is 32.6 Å². The zero-order valence-corrected chi connectivity index (χ0v) is 21.9. The van der Waals surface area contributed by atoms with Crippen molar-refractivity contribution < 1.29 is 9.47 Å². The summed E-state index contributed by atoms with van der Waals surface area (Å²) in [6.07, 6.45) is 7.74. The lowest BCUT2D eigenvalue weighted by molar-refractivity contribution is 0.245. The second-order valence-corrected chi connectivity index (χ2v) is 9.87. The summed E-state index contributed by atoms with van der Waals surface area (Å²) in [4.78, 5) is 9.27. The molecule has 0 saturated heterocycles. The Bertz CT molecular complexity index is 1230. The van der Waals surface area contributed by atoms with Crippen molar-refractivity contribution in [1.29, 1.82) is 0 Å². The molecule has 192 valence electrons. The second-order valence-electron chi connectivity index (χ2n) is 9.87. The van der Waals surface area contributed by atoms with Crippen LogP contribution in [0.4, 0.5) is 11.4 Å². The van der Waals surface area contributed by atoms with Crippen molar-refractivity contribution in [2.24, 2.45) is 15.9 Å². The van der Waals surface area contributed by atoms with E-state index in [1.54, 1.807) is 0 Å². The average molecular weight is 503 g/mol. The highest BCUT2D eigenvalue weighted by Crippen LogP contribution is 2.20. The van der Waals surface area contributed by atoms with Crippen molar-refractivity contribution in [3.05, 3.63) is 119 Å². The van der Waals surface area contributed by atoms with Crippen molar-refractivity contribution in [3.63, 3.8) is 0 Å². The van der Waals surface area contributed by atoms with Crippen LogP contribution < -0.4 is 9.47 Å². The molecule has 0 amide bonds. The van der Waals surface area contributed by atoms with Gasteiger partial charge in [-0.05, 0) is 127 Å². The summed E-state index contributed by atoms with van der Waals surface area (Å²) in [5, 5.41) is 0. The minimum absolute atomic E-state index is 0.515. The van der Waals surface area contributed by atoms with Gasteiger partial charge in [-0.1, -0.05) is 31.2 Å². The molecule has 0 spiro atoms. The van der Waals surface area contributed by atoms with E-state index in [0.29, 0.717) is 19.1 Å². The Kier molecular flexibility index (Phi) is 8.62. The molecule has 4 nitrogen and oxygen atoms in total. The van der Waals surface area contributed by atoms with Crippen LogP contribution in [0, 0.1) is 5.92 Å². The summed E-state index contributed by atoms with van der Waals surface area (Å²) < 4.78 is 11.9. The lowest BCUT2D eigenvalue weighted by atomic mass is 10.0. The van der Waals surface area contributed by atoms with E-state index in [4.69, 9.17) is 9.47 Å². The van der Waals surface area contributed by atoms with Crippen LogP contribution in [0.5, 0.6) is 11.5 Å². The van der Waals surface area contributed by atoms with E-state index in [2.05, 4.69) is 65.4 Å². The van der Waals surface area contributed by atoms with Gasteiger partial charge in [0.15, 0.2) is 0 Å². The van der Waals surface area contributed by atoms with Gasteiger partial charge in [-0.25, -0.2) is 0 Å². The molecule has 9 rings (SSSR count).